The number of piperazine rings is 1. The van der Waals surface area contributed by atoms with E-state index in [0.717, 1.165) is 12.8 Å². The minimum absolute atomic E-state index is 0.180. The van der Waals surface area contributed by atoms with Crippen LogP contribution in [0.25, 0.3) is 0 Å². The van der Waals surface area contributed by atoms with Gasteiger partial charge in [-0.05, 0) is 43.7 Å². The van der Waals surface area contributed by atoms with Gasteiger partial charge in [0, 0.05) is 38.4 Å². The maximum Gasteiger partial charge on any atom is 0.243 e. The van der Waals surface area contributed by atoms with E-state index in [1.54, 1.807) is 0 Å². The highest BCUT2D eigenvalue weighted by molar-refractivity contribution is 7.89. The van der Waals surface area contributed by atoms with Gasteiger partial charge in [0.1, 0.15) is 6.04 Å². The number of hydrogen-bond donors (Lipinski definition) is 1. The molecule has 29 heavy (non-hydrogen) atoms. The molecule has 0 spiro atoms. The minimum Gasteiger partial charge on any atom is -0.325 e. The zero-order valence-electron chi connectivity index (χ0n) is 16.7. The van der Waals surface area contributed by atoms with Gasteiger partial charge in [-0.1, -0.05) is 6.92 Å². The van der Waals surface area contributed by atoms with Crippen molar-refractivity contribution >= 4 is 31.6 Å². The van der Waals surface area contributed by atoms with Crippen molar-refractivity contribution in [3.63, 3.8) is 0 Å². The molecule has 11 heteroatoms. The lowest BCUT2D eigenvalue weighted by atomic mass is 10.2. The quantitative estimate of drug-likeness (QED) is 0.680. The lowest BCUT2D eigenvalue weighted by Gasteiger charge is -2.33. The number of likely N-dealkylation sites (N-methyl/N-ethyl adjacent to an activating group) is 1. The lowest BCUT2D eigenvalue weighted by Crippen LogP contribution is -2.48. The van der Waals surface area contributed by atoms with Crippen LogP contribution < -0.4 is 5.32 Å². The molecule has 3 rings (SSSR count). The summed E-state index contributed by atoms with van der Waals surface area (Å²) in [6, 6.07) is 5.28. The molecule has 1 aromatic rings. The highest BCUT2D eigenvalue weighted by atomic mass is 32.2. The summed E-state index contributed by atoms with van der Waals surface area (Å²) in [6.45, 7) is 5.62. The third-order valence-electron chi connectivity index (χ3n) is 5.47. The van der Waals surface area contributed by atoms with E-state index in [9.17, 15) is 21.6 Å². The first-order valence-electron chi connectivity index (χ1n) is 9.73. The molecule has 2 heterocycles. The maximum atomic E-state index is 12.8. The van der Waals surface area contributed by atoms with Gasteiger partial charge in [-0.3, -0.25) is 4.79 Å². The number of benzene rings is 1. The third kappa shape index (κ3) is 4.97. The number of amides is 1. The van der Waals surface area contributed by atoms with E-state index in [1.165, 1.54) is 32.9 Å². The summed E-state index contributed by atoms with van der Waals surface area (Å²) in [7, 11) is -7.03. The molecule has 1 atom stereocenters. The highest BCUT2D eigenvalue weighted by Crippen LogP contribution is 2.23. The van der Waals surface area contributed by atoms with Gasteiger partial charge in [-0.25, -0.2) is 16.8 Å². The van der Waals surface area contributed by atoms with Gasteiger partial charge in [-0.15, -0.1) is 0 Å². The van der Waals surface area contributed by atoms with Crippen molar-refractivity contribution in [1.82, 2.24) is 13.5 Å². The molecule has 0 saturated carbocycles. The second kappa shape index (κ2) is 8.68. The van der Waals surface area contributed by atoms with Crippen LogP contribution in [0.3, 0.4) is 0 Å². The van der Waals surface area contributed by atoms with Crippen LogP contribution in [-0.2, 0) is 24.8 Å². The van der Waals surface area contributed by atoms with Crippen molar-refractivity contribution in [2.45, 2.75) is 30.7 Å². The average molecular weight is 445 g/mol. The molecule has 9 nitrogen and oxygen atoms in total. The summed E-state index contributed by atoms with van der Waals surface area (Å²) < 4.78 is 52.0. The van der Waals surface area contributed by atoms with Crippen molar-refractivity contribution in [3.8, 4) is 0 Å². The number of hydrogen-bond acceptors (Lipinski definition) is 6. The zero-order chi connectivity index (χ0) is 21.2. The lowest BCUT2D eigenvalue weighted by molar-refractivity contribution is -0.119. The van der Waals surface area contributed by atoms with E-state index in [-0.39, 0.29) is 4.90 Å². The number of nitrogens with one attached hydrogen (secondary N) is 1. The highest BCUT2D eigenvalue weighted by Gasteiger charge is 2.36. The van der Waals surface area contributed by atoms with Gasteiger partial charge in [0.25, 0.3) is 0 Å². The monoisotopic (exact) mass is 444 g/mol. The van der Waals surface area contributed by atoms with Gasteiger partial charge in [0.2, 0.25) is 26.0 Å². The Morgan fingerprint density at radius 2 is 1.66 bits per heavy atom. The molecule has 162 valence electrons. The number of carbonyl (C=O) groups is 1. The van der Waals surface area contributed by atoms with Crippen molar-refractivity contribution in [1.29, 1.82) is 0 Å². The Kier molecular flexibility index (Phi) is 6.64. The first-order valence-corrected chi connectivity index (χ1v) is 13.0. The normalized spacial score (nSPS) is 22.6. The maximum absolute atomic E-state index is 12.8. The number of nitrogens with zero attached hydrogens (tertiary/aromatic N) is 3. The van der Waals surface area contributed by atoms with Crippen molar-refractivity contribution < 1.29 is 21.6 Å². The van der Waals surface area contributed by atoms with Crippen LogP contribution in [-0.4, -0.2) is 87.8 Å². The van der Waals surface area contributed by atoms with Gasteiger partial charge in [-0.2, -0.15) is 8.61 Å². The molecule has 0 aliphatic carbocycles. The van der Waals surface area contributed by atoms with Crippen LogP contribution in [0.15, 0.2) is 29.2 Å². The topological polar surface area (TPSA) is 107 Å². The van der Waals surface area contributed by atoms with E-state index in [0.29, 0.717) is 51.3 Å². The molecule has 0 bridgehead atoms. The van der Waals surface area contributed by atoms with Gasteiger partial charge < -0.3 is 10.2 Å². The molecular formula is C18H28N4O5S2. The summed E-state index contributed by atoms with van der Waals surface area (Å²) in [5.74, 6) is -0.404. The van der Waals surface area contributed by atoms with Gasteiger partial charge in [0.15, 0.2) is 0 Å². The molecule has 1 amide bonds. The standard InChI is InChI=1S/C18H28N4O5S2/c1-3-20-11-13-21(14-12-20)29(26,27)16-8-6-15(7-9-16)19-18(23)17-5-4-10-22(17)28(2,24)25/h6-9,17H,3-5,10-14H2,1-2H3,(H,19,23). The Hall–Kier alpha value is -1.53. The SMILES string of the molecule is CCN1CCN(S(=O)(=O)c2ccc(NC(=O)C3CCCN3S(C)(=O)=O)cc2)CC1. The number of carbonyl (C=O) groups excluding carboxylic acids is 1. The Labute approximate surface area is 172 Å². The van der Waals surface area contributed by atoms with Crippen LogP contribution in [0.5, 0.6) is 0 Å². The first-order chi connectivity index (χ1) is 13.6. The molecular weight excluding hydrogens is 416 g/mol. The van der Waals surface area contributed by atoms with E-state index in [4.69, 9.17) is 0 Å². The smallest absolute Gasteiger partial charge is 0.243 e. The molecule has 1 aromatic carbocycles. The fourth-order valence-electron chi connectivity index (χ4n) is 3.77. The van der Waals surface area contributed by atoms with Gasteiger partial charge >= 0.3 is 0 Å². The number of rotatable bonds is 6. The Morgan fingerprint density at radius 1 is 1.03 bits per heavy atom. The molecule has 2 aliphatic heterocycles. The van der Waals surface area contributed by atoms with E-state index in [2.05, 4.69) is 17.1 Å². The minimum atomic E-state index is -3.58. The van der Waals surface area contributed by atoms with Crippen molar-refractivity contribution in [2.24, 2.45) is 0 Å². The summed E-state index contributed by atoms with van der Waals surface area (Å²) in [4.78, 5) is 14.9. The Balaban J connectivity index is 1.66. The summed E-state index contributed by atoms with van der Waals surface area (Å²) in [5.41, 5.74) is 0.435. The van der Waals surface area contributed by atoms with Crippen molar-refractivity contribution in [2.75, 3.05) is 50.8 Å². The zero-order valence-corrected chi connectivity index (χ0v) is 18.4. The molecule has 1 unspecified atom stereocenters. The summed E-state index contributed by atoms with van der Waals surface area (Å²) in [6.07, 6.45) is 2.20. The second-order valence-corrected chi connectivity index (χ2v) is 11.3. The largest absolute Gasteiger partial charge is 0.325 e. The fourth-order valence-corrected chi connectivity index (χ4v) is 6.32. The molecule has 2 aliphatic rings. The Morgan fingerprint density at radius 3 is 2.21 bits per heavy atom. The van der Waals surface area contributed by atoms with Crippen LogP contribution >= 0.6 is 0 Å². The van der Waals surface area contributed by atoms with Crippen LogP contribution in [0.4, 0.5) is 5.69 Å². The number of anilines is 1. The molecule has 0 radical (unpaired) electrons. The second-order valence-electron chi connectivity index (χ2n) is 7.38. The molecule has 1 N–H and O–H groups in total. The average Bonchev–Trinajstić information content (AvgIpc) is 3.19. The van der Waals surface area contributed by atoms with E-state index < -0.39 is 32.0 Å². The van der Waals surface area contributed by atoms with Crippen LogP contribution in [0, 0.1) is 0 Å². The van der Waals surface area contributed by atoms with E-state index >= 15 is 0 Å². The fraction of sp³-hybridized carbons (Fsp3) is 0.611. The first kappa shape index (κ1) is 22.2. The molecule has 2 saturated heterocycles. The third-order valence-corrected chi connectivity index (χ3v) is 8.67. The number of sulfonamides is 2. The predicted molar refractivity (Wildman–Crippen MR) is 111 cm³/mol. The summed E-state index contributed by atoms with van der Waals surface area (Å²) in [5, 5.41) is 2.70. The predicted octanol–water partition coefficient (Wildman–Crippen LogP) is 0.375. The molecule has 2 fully saturated rings. The van der Waals surface area contributed by atoms with Crippen LogP contribution in [0.1, 0.15) is 19.8 Å². The van der Waals surface area contributed by atoms with Crippen LogP contribution in [0.2, 0.25) is 0 Å². The van der Waals surface area contributed by atoms with E-state index in [1.807, 2.05) is 0 Å². The summed E-state index contributed by atoms with van der Waals surface area (Å²) >= 11 is 0. The molecule has 0 aromatic heterocycles. The van der Waals surface area contributed by atoms with Crippen molar-refractivity contribution in [3.05, 3.63) is 24.3 Å². The Bertz CT molecular complexity index is 939. The van der Waals surface area contributed by atoms with Gasteiger partial charge in [0.05, 0.1) is 11.2 Å².